The third-order valence-corrected chi connectivity index (χ3v) is 2.75. The summed E-state index contributed by atoms with van der Waals surface area (Å²) in [4.78, 5) is 0. The van der Waals surface area contributed by atoms with Gasteiger partial charge in [-0.05, 0) is 29.8 Å². The molecule has 0 fully saturated rings. The van der Waals surface area contributed by atoms with Gasteiger partial charge >= 0.3 is 0 Å². The van der Waals surface area contributed by atoms with Crippen LogP contribution in [0.5, 0.6) is 5.75 Å². The molecule has 0 saturated carbocycles. The molecule has 100 valence electrons. The van der Waals surface area contributed by atoms with E-state index in [0.717, 1.165) is 17.0 Å². The van der Waals surface area contributed by atoms with Crippen molar-refractivity contribution < 1.29 is 9.84 Å². The van der Waals surface area contributed by atoms with Crippen molar-refractivity contribution in [1.29, 1.82) is 0 Å². The fourth-order valence-electron chi connectivity index (χ4n) is 1.73. The zero-order valence-corrected chi connectivity index (χ0v) is 10.8. The standard InChI is InChI=1S/C14H17N3O2/c1-19-13-6-2-4-11(8-13)14(18)10-15-9-12-5-3-7-16-17-12/h2-8,14-15,18H,9-10H2,1H3. The maximum absolute atomic E-state index is 10.1. The SMILES string of the molecule is COc1cccc(C(O)CNCc2cccnn2)c1. The lowest BCUT2D eigenvalue weighted by atomic mass is 10.1. The van der Waals surface area contributed by atoms with E-state index in [4.69, 9.17) is 4.74 Å². The largest absolute Gasteiger partial charge is 0.497 e. The minimum absolute atomic E-state index is 0.448. The minimum atomic E-state index is -0.577. The van der Waals surface area contributed by atoms with Crippen LogP contribution in [0.25, 0.3) is 0 Å². The molecule has 19 heavy (non-hydrogen) atoms. The van der Waals surface area contributed by atoms with Gasteiger partial charge in [-0.2, -0.15) is 10.2 Å². The molecule has 0 aliphatic carbocycles. The highest BCUT2D eigenvalue weighted by molar-refractivity contribution is 5.29. The quantitative estimate of drug-likeness (QED) is 0.818. The Kier molecular flexibility index (Phi) is 4.83. The van der Waals surface area contributed by atoms with Crippen LogP contribution in [0.1, 0.15) is 17.4 Å². The zero-order valence-electron chi connectivity index (χ0n) is 10.8. The third kappa shape index (κ3) is 4.01. The summed E-state index contributed by atoms with van der Waals surface area (Å²) in [6.07, 6.45) is 1.06. The Hall–Kier alpha value is -1.98. The van der Waals surface area contributed by atoms with Gasteiger partial charge in [-0.25, -0.2) is 0 Å². The molecule has 1 aromatic heterocycles. The van der Waals surface area contributed by atoms with Gasteiger partial charge < -0.3 is 15.2 Å². The lowest BCUT2D eigenvalue weighted by Gasteiger charge is -2.12. The maximum atomic E-state index is 10.1. The van der Waals surface area contributed by atoms with Crippen molar-refractivity contribution in [3.8, 4) is 5.75 Å². The van der Waals surface area contributed by atoms with Gasteiger partial charge in [0.1, 0.15) is 5.75 Å². The van der Waals surface area contributed by atoms with E-state index in [0.29, 0.717) is 13.1 Å². The van der Waals surface area contributed by atoms with E-state index in [1.807, 2.05) is 36.4 Å². The number of aromatic nitrogens is 2. The molecule has 5 nitrogen and oxygen atoms in total. The first-order valence-electron chi connectivity index (χ1n) is 6.09. The predicted molar refractivity (Wildman–Crippen MR) is 71.7 cm³/mol. The molecule has 0 aliphatic rings. The van der Waals surface area contributed by atoms with Crippen LogP contribution in [0.4, 0.5) is 0 Å². The molecule has 1 heterocycles. The van der Waals surface area contributed by atoms with Crippen LogP contribution in [0.2, 0.25) is 0 Å². The van der Waals surface area contributed by atoms with Crippen LogP contribution in [0.15, 0.2) is 42.6 Å². The van der Waals surface area contributed by atoms with E-state index in [9.17, 15) is 5.11 Å². The molecule has 0 radical (unpaired) electrons. The van der Waals surface area contributed by atoms with E-state index in [-0.39, 0.29) is 0 Å². The van der Waals surface area contributed by atoms with Crippen LogP contribution in [-0.2, 0) is 6.54 Å². The topological polar surface area (TPSA) is 67.3 Å². The fraction of sp³-hybridized carbons (Fsp3) is 0.286. The Morgan fingerprint density at radius 3 is 2.95 bits per heavy atom. The number of benzene rings is 1. The molecule has 2 rings (SSSR count). The van der Waals surface area contributed by atoms with Gasteiger partial charge in [-0.3, -0.25) is 0 Å². The van der Waals surface area contributed by atoms with Crippen molar-refractivity contribution in [1.82, 2.24) is 15.5 Å². The van der Waals surface area contributed by atoms with Crippen molar-refractivity contribution in [3.63, 3.8) is 0 Å². The molecule has 0 spiro atoms. The number of nitrogens with one attached hydrogen (secondary N) is 1. The Morgan fingerprint density at radius 2 is 2.21 bits per heavy atom. The highest BCUT2D eigenvalue weighted by Crippen LogP contribution is 2.18. The van der Waals surface area contributed by atoms with Gasteiger partial charge in [0.2, 0.25) is 0 Å². The summed E-state index contributed by atoms with van der Waals surface area (Å²) >= 11 is 0. The molecular formula is C14H17N3O2. The van der Waals surface area contributed by atoms with Gasteiger partial charge in [-0.15, -0.1) is 0 Å². The minimum Gasteiger partial charge on any atom is -0.497 e. The van der Waals surface area contributed by atoms with E-state index in [1.54, 1.807) is 13.3 Å². The Morgan fingerprint density at radius 1 is 1.32 bits per heavy atom. The van der Waals surface area contributed by atoms with Crippen molar-refractivity contribution >= 4 is 0 Å². The van der Waals surface area contributed by atoms with E-state index in [2.05, 4.69) is 15.5 Å². The summed E-state index contributed by atoms with van der Waals surface area (Å²) in [5.74, 6) is 0.741. The van der Waals surface area contributed by atoms with Crippen LogP contribution < -0.4 is 10.1 Å². The molecule has 0 amide bonds. The number of aliphatic hydroxyl groups excluding tert-OH is 1. The second kappa shape index (κ2) is 6.82. The van der Waals surface area contributed by atoms with Gasteiger partial charge in [0.15, 0.2) is 0 Å². The van der Waals surface area contributed by atoms with Crippen molar-refractivity contribution in [2.75, 3.05) is 13.7 Å². The summed E-state index contributed by atoms with van der Waals surface area (Å²) in [5.41, 5.74) is 1.67. The fourth-order valence-corrected chi connectivity index (χ4v) is 1.73. The molecule has 0 saturated heterocycles. The van der Waals surface area contributed by atoms with Crippen molar-refractivity contribution in [2.24, 2.45) is 0 Å². The van der Waals surface area contributed by atoms with E-state index >= 15 is 0 Å². The average Bonchev–Trinajstić information content (AvgIpc) is 2.48. The van der Waals surface area contributed by atoms with E-state index in [1.165, 1.54) is 0 Å². The van der Waals surface area contributed by atoms with Gasteiger partial charge in [0.05, 0.1) is 18.9 Å². The summed E-state index contributed by atoms with van der Waals surface area (Å²) in [6.45, 7) is 1.03. The normalized spacial score (nSPS) is 12.1. The number of methoxy groups -OCH3 is 1. The molecule has 2 aromatic rings. The number of aliphatic hydroxyl groups is 1. The summed E-state index contributed by atoms with van der Waals surface area (Å²) in [7, 11) is 1.61. The Balaban J connectivity index is 1.85. The van der Waals surface area contributed by atoms with E-state index < -0.39 is 6.10 Å². The molecule has 1 aromatic carbocycles. The second-order valence-corrected chi connectivity index (χ2v) is 4.14. The van der Waals surface area contributed by atoms with Crippen LogP contribution >= 0.6 is 0 Å². The van der Waals surface area contributed by atoms with Crippen LogP contribution in [-0.4, -0.2) is 29.0 Å². The molecule has 0 aliphatic heterocycles. The molecule has 2 N–H and O–H groups in total. The summed E-state index contributed by atoms with van der Waals surface area (Å²) < 4.78 is 5.13. The van der Waals surface area contributed by atoms with Crippen molar-refractivity contribution in [3.05, 3.63) is 53.9 Å². The average molecular weight is 259 g/mol. The number of ether oxygens (including phenoxy) is 1. The molecule has 1 atom stereocenters. The number of rotatable bonds is 6. The smallest absolute Gasteiger partial charge is 0.119 e. The van der Waals surface area contributed by atoms with Gasteiger partial charge in [-0.1, -0.05) is 12.1 Å². The first kappa shape index (κ1) is 13.5. The Bertz CT molecular complexity index is 505. The lowest BCUT2D eigenvalue weighted by Crippen LogP contribution is -2.21. The first-order chi connectivity index (χ1) is 9.29. The monoisotopic (exact) mass is 259 g/mol. The Labute approximate surface area is 112 Å². The van der Waals surface area contributed by atoms with Gasteiger partial charge in [0, 0.05) is 19.3 Å². The molecular weight excluding hydrogens is 242 g/mol. The first-order valence-corrected chi connectivity index (χ1v) is 6.09. The second-order valence-electron chi connectivity index (χ2n) is 4.14. The summed E-state index contributed by atoms with van der Waals surface area (Å²) in [5, 5.41) is 21.0. The number of hydrogen-bond acceptors (Lipinski definition) is 5. The van der Waals surface area contributed by atoms with Gasteiger partial charge in [0.25, 0.3) is 0 Å². The maximum Gasteiger partial charge on any atom is 0.119 e. The molecule has 5 heteroatoms. The van der Waals surface area contributed by atoms with Crippen LogP contribution in [0, 0.1) is 0 Å². The van der Waals surface area contributed by atoms with Crippen molar-refractivity contribution in [2.45, 2.75) is 12.6 Å². The number of hydrogen-bond donors (Lipinski definition) is 2. The lowest BCUT2D eigenvalue weighted by molar-refractivity contribution is 0.174. The highest BCUT2D eigenvalue weighted by Gasteiger charge is 2.08. The number of nitrogens with zero attached hydrogens (tertiary/aromatic N) is 2. The molecule has 0 bridgehead atoms. The zero-order chi connectivity index (χ0) is 13.5. The van der Waals surface area contributed by atoms with Crippen LogP contribution in [0.3, 0.4) is 0 Å². The highest BCUT2D eigenvalue weighted by atomic mass is 16.5. The summed E-state index contributed by atoms with van der Waals surface area (Å²) in [6, 6.07) is 11.1. The molecule has 1 unspecified atom stereocenters. The third-order valence-electron chi connectivity index (χ3n) is 2.75. The predicted octanol–water partition coefficient (Wildman–Crippen LogP) is 1.31.